The van der Waals surface area contributed by atoms with Crippen molar-refractivity contribution in [2.75, 3.05) is 7.11 Å². The quantitative estimate of drug-likeness (QED) is 0.788. The van der Waals surface area contributed by atoms with Crippen LogP contribution in [0.5, 0.6) is 0 Å². The predicted molar refractivity (Wildman–Crippen MR) is 72.7 cm³/mol. The van der Waals surface area contributed by atoms with Crippen LogP contribution in [0.15, 0.2) is 51.8 Å². The summed E-state index contributed by atoms with van der Waals surface area (Å²) in [5, 5.41) is 9.22. The van der Waals surface area contributed by atoms with Gasteiger partial charge >= 0.3 is 5.97 Å². The summed E-state index contributed by atoms with van der Waals surface area (Å²) in [4.78, 5) is 15.6. The molecule has 0 amide bonds. The van der Waals surface area contributed by atoms with Crippen LogP contribution in [0.4, 0.5) is 0 Å². The van der Waals surface area contributed by atoms with Gasteiger partial charge in [-0.1, -0.05) is 18.2 Å². The summed E-state index contributed by atoms with van der Waals surface area (Å²) in [6, 6.07) is 0. The van der Waals surface area contributed by atoms with E-state index in [9.17, 15) is 9.90 Å². The van der Waals surface area contributed by atoms with Crippen LogP contribution < -0.4 is 5.73 Å². The molecule has 19 heavy (non-hydrogen) atoms. The first-order chi connectivity index (χ1) is 9.04. The van der Waals surface area contributed by atoms with Gasteiger partial charge in [-0.15, -0.1) is 0 Å². The van der Waals surface area contributed by atoms with Crippen molar-refractivity contribution >= 4 is 11.7 Å². The Morgan fingerprint density at radius 2 is 2.26 bits per heavy atom. The Balaban J connectivity index is 2.55. The first kappa shape index (κ1) is 13.3. The first-order valence-electron chi connectivity index (χ1n) is 5.93. The highest BCUT2D eigenvalue weighted by Crippen LogP contribution is 2.28. The number of aliphatic imine (C=N–C) groups is 1. The molecular weight excluding hydrogens is 244 g/mol. The molecule has 0 radical (unpaired) electrons. The van der Waals surface area contributed by atoms with Crippen molar-refractivity contribution in [3.8, 4) is 0 Å². The second-order valence-corrected chi connectivity index (χ2v) is 4.39. The zero-order valence-corrected chi connectivity index (χ0v) is 10.9. The van der Waals surface area contributed by atoms with Crippen molar-refractivity contribution in [2.24, 2.45) is 10.7 Å². The van der Waals surface area contributed by atoms with Gasteiger partial charge in [-0.05, 0) is 18.6 Å². The smallest absolute Gasteiger partial charge is 0.339 e. The number of carboxylic acid groups (broad SMARTS) is 1. The second-order valence-electron chi connectivity index (χ2n) is 4.39. The average molecular weight is 260 g/mol. The van der Waals surface area contributed by atoms with E-state index in [0.29, 0.717) is 23.5 Å². The van der Waals surface area contributed by atoms with Crippen LogP contribution in [0.25, 0.3) is 0 Å². The SMILES string of the molecule is COC1C=CC=CC2=C1CC(N)=C(C(=O)O)C(C)=N2. The normalized spacial score (nSPS) is 22.8. The van der Waals surface area contributed by atoms with Crippen molar-refractivity contribution in [2.45, 2.75) is 19.4 Å². The number of methoxy groups -OCH3 is 1. The molecule has 0 saturated carbocycles. The molecule has 0 spiro atoms. The fraction of sp³-hybridized carbons (Fsp3) is 0.286. The number of aliphatic carboxylic acids is 1. The van der Waals surface area contributed by atoms with Gasteiger partial charge in [0.15, 0.2) is 0 Å². The van der Waals surface area contributed by atoms with Crippen LogP contribution in [0.1, 0.15) is 13.3 Å². The van der Waals surface area contributed by atoms with Gasteiger partial charge < -0.3 is 15.6 Å². The number of nitrogens with zero attached hydrogens (tertiary/aromatic N) is 1. The van der Waals surface area contributed by atoms with Crippen molar-refractivity contribution < 1.29 is 14.6 Å². The van der Waals surface area contributed by atoms with Gasteiger partial charge in [0.2, 0.25) is 0 Å². The minimum atomic E-state index is -1.05. The number of hydrogen-bond donors (Lipinski definition) is 2. The number of nitrogens with two attached hydrogens (primary N) is 1. The highest BCUT2D eigenvalue weighted by molar-refractivity contribution is 6.19. The average Bonchev–Trinajstić information content (AvgIpc) is 2.58. The van der Waals surface area contributed by atoms with Crippen LogP contribution >= 0.6 is 0 Å². The molecule has 100 valence electrons. The summed E-state index contributed by atoms with van der Waals surface area (Å²) in [7, 11) is 1.60. The van der Waals surface area contributed by atoms with E-state index < -0.39 is 5.97 Å². The molecule has 0 aromatic carbocycles. The maximum atomic E-state index is 11.3. The van der Waals surface area contributed by atoms with E-state index >= 15 is 0 Å². The Morgan fingerprint density at radius 1 is 1.53 bits per heavy atom. The lowest BCUT2D eigenvalue weighted by atomic mass is 10.00. The first-order valence-corrected chi connectivity index (χ1v) is 5.93. The van der Waals surface area contributed by atoms with Gasteiger partial charge in [-0.2, -0.15) is 0 Å². The Kier molecular flexibility index (Phi) is 3.66. The maximum absolute atomic E-state index is 11.3. The van der Waals surface area contributed by atoms with Crippen LogP contribution in [0.3, 0.4) is 0 Å². The summed E-state index contributed by atoms with van der Waals surface area (Å²) >= 11 is 0. The fourth-order valence-electron chi connectivity index (χ4n) is 2.26. The molecule has 1 aliphatic carbocycles. The molecule has 0 aromatic rings. The van der Waals surface area contributed by atoms with E-state index in [1.54, 1.807) is 14.0 Å². The monoisotopic (exact) mass is 260 g/mol. The molecule has 1 atom stereocenters. The summed E-state index contributed by atoms with van der Waals surface area (Å²) in [6.45, 7) is 1.65. The van der Waals surface area contributed by atoms with Gasteiger partial charge in [0, 0.05) is 19.2 Å². The third-order valence-corrected chi connectivity index (χ3v) is 3.14. The number of rotatable bonds is 2. The minimum absolute atomic E-state index is 0.0836. The number of ether oxygens (including phenoxy) is 1. The third-order valence-electron chi connectivity index (χ3n) is 3.14. The fourth-order valence-corrected chi connectivity index (χ4v) is 2.26. The van der Waals surface area contributed by atoms with Crippen molar-refractivity contribution in [1.29, 1.82) is 0 Å². The van der Waals surface area contributed by atoms with Gasteiger partial charge in [-0.25, -0.2) is 4.79 Å². The topological polar surface area (TPSA) is 84.9 Å². The van der Waals surface area contributed by atoms with E-state index in [-0.39, 0.29) is 11.7 Å². The van der Waals surface area contributed by atoms with Crippen LogP contribution in [-0.4, -0.2) is 30.0 Å². The summed E-state index contributed by atoms with van der Waals surface area (Å²) < 4.78 is 5.40. The Bertz CT molecular complexity index is 565. The number of carbonyl (C=O) groups is 1. The van der Waals surface area contributed by atoms with Crippen molar-refractivity contribution in [1.82, 2.24) is 0 Å². The number of carboxylic acids is 1. The molecule has 5 nitrogen and oxygen atoms in total. The molecule has 3 N–H and O–H groups in total. The highest BCUT2D eigenvalue weighted by Gasteiger charge is 2.25. The third kappa shape index (κ3) is 2.51. The molecular formula is C14H16N2O3. The maximum Gasteiger partial charge on any atom is 0.339 e. The molecule has 2 rings (SSSR count). The van der Waals surface area contributed by atoms with Gasteiger partial charge in [0.05, 0.1) is 23.1 Å². The van der Waals surface area contributed by atoms with E-state index in [1.807, 2.05) is 24.3 Å². The Morgan fingerprint density at radius 3 is 2.89 bits per heavy atom. The van der Waals surface area contributed by atoms with Crippen LogP contribution in [0.2, 0.25) is 0 Å². The zero-order valence-electron chi connectivity index (χ0n) is 10.9. The lowest BCUT2D eigenvalue weighted by Gasteiger charge is -2.16. The van der Waals surface area contributed by atoms with E-state index in [4.69, 9.17) is 10.5 Å². The summed E-state index contributed by atoms with van der Waals surface area (Å²) in [5.41, 5.74) is 8.32. The molecule has 1 unspecified atom stereocenters. The van der Waals surface area contributed by atoms with Gasteiger partial charge in [-0.3, -0.25) is 4.99 Å². The van der Waals surface area contributed by atoms with Gasteiger partial charge in [0.25, 0.3) is 0 Å². The molecule has 1 aliphatic heterocycles. The van der Waals surface area contributed by atoms with E-state index in [2.05, 4.69) is 4.99 Å². The predicted octanol–water partition coefficient (Wildman–Crippen LogP) is 1.54. The standard InChI is InChI=1S/C14H16N2O3/c1-8-13(14(17)18)10(15)7-9-11(16-8)5-3-4-6-12(9)19-2/h3-6,12H,7,15H2,1-2H3,(H,17,18). The van der Waals surface area contributed by atoms with Crippen molar-refractivity contribution in [3.05, 3.63) is 46.8 Å². The number of allylic oxidation sites excluding steroid dienone is 4. The van der Waals surface area contributed by atoms with E-state index in [1.165, 1.54) is 0 Å². The molecule has 2 aliphatic rings. The Hall–Kier alpha value is -2.14. The van der Waals surface area contributed by atoms with E-state index in [0.717, 1.165) is 5.57 Å². The highest BCUT2D eigenvalue weighted by atomic mass is 16.5. The molecule has 5 heteroatoms. The molecule has 0 fully saturated rings. The lowest BCUT2D eigenvalue weighted by molar-refractivity contribution is -0.132. The molecule has 0 aromatic heterocycles. The van der Waals surface area contributed by atoms with Crippen molar-refractivity contribution in [3.63, 3.8) is 0 Å². The molecule has 0 saturated heterocycles. The number of hydrogen-bond acceptors (Lipinski definition) is 4. The summed E-state index contributed by atoms with van der Waals surface area (Å²) in [6.07, 6.45) is 7.56. The largest absolute Gasteiger partial charge is 0.478 e. The summed E-state index contributed by atoms with van der Waals surface area (Å²) in [5.74, 6) is -1.05. The van der Waals surface area contributed by atoms with Gasteiger partial charge in [0.1, 0.15) is 0 Å². The minimum Gasteiger partial charge on any atom is -0.478 e. The molecule has 0 bridgehead atoms. The van der Waals surface area contributed by atoms with Crippen LogP contribution in [-0.2, 0) is 9.53 Å². The lowest BCUT2D eigenvalue weighted by Crippen LogP contribution is -2.18. The Labute approximate surface area is 111 Å². The molecule has 1 heterocycles. The second kappa shape index (κ2) is 5.24. The zero-order chi connectivity index (χ0) is 14.0. The van der Waals surface area contributed by atoms with Crippen LogP contribution in [0, 0.1) is 0 Å².